The van der Waals surface area contributed by atoms with E-state index in [1.807, 2.05) is 6.92 Å². The third kappa shape index (κ3) is 2.33. The molecule has 5 heteroatoms. The van der Waals surface area contributed by atoms with Gasteiger partial charge in [-0.15, -0.1) is 0 Å². The van der Waals surface area contributed by atoms with Gasteiger partial charge in [-0.1, -0.05) is 6.07 Å². The summed E-state index contributed by atoms with van der Waals surface area (Å²) in [6, 6.07) is 8.69. The Balaban J connectivity index is 2.26. The zero-order valence-corrected chi connectivity index (χ0v) is 11.1. The largest absolute Gasteiger partial charge is 0.379 e. The molecule has 19 heavy (non-hydrogen) atoms. The van der Waals surface area contributed by atoms with E-state index in [1.54, 1.807) is 31.3 Å². The first kappa shape index (κ1) is 13.5. The van der Waals surface area contributed by atoms with Crippen LogP contribution in [-0.2, 0) is 9.53 Å². The Kier molecular flexibility index (Phi) is 3.56. The molecule has 5 nitrogen and oxygen atoms in total. The van der Waals surface area contributed by atoms with Gasteiger partial charge in [0, 0.05) is 18.8 Å². The van der Waals surface area contributed by atoms with Gasteiger partial charge in [0.2, 0.25) is 5.91 Å². The van der Waals surface area contributed by atoms with Crippen molar-refractivity contribution in [1.29, 1.82) is 5.26 Å². The fourth-order valence-corrected chi connectivity index (χ4v) is 2.19. The Bertz CT molecular complexity index is 538. The first-order valence-corrected chi connectivity index (χ1v) is 6.10. The second kappa shape index (κ2) is 5.00. The van der Waals surface area contributed by atoms with Crippen molar-refractivity contribution in [1.82, 2.24) is 0 Å². The lowest BCUT2D eigenvalue weighted by atomic mass is 9.84. The van der Waals surface area contributed by atoms with Crippen LogP contribution in [0.15, 0.2) is 24.3 Å². The van der Waals surface area contributed by atoms with Gasteiger partial charge in [-0.2, -0.15) is 5.26 Å². The van der Waals surface area contributed by atoms with Crippen molar-refractivity contribution in [2.75, 3.05) is 25.2 Å². The number of rotatable bonds is 2. The van der Waals surface area contributed by atoms with Gasteiger partial charge in [0.15, 0.2) is 0 Å². The standard InChI is InChI=1S/C14H17N3O2/c1-14(9-19-8-12(14)16)13(18)17(2)11-5-3-4-10(6-11)7-15/h3-6,12H,8-9,16H2,1-2H3. The van der Waals surface area contributed by atoms with Crippen LogP contribution < -0.4 is 10.6 Å². The zero-order chi connectivity index (χ0) is 14.0. The third-order valence-corrected chi connectivity index (χ3v) is 3.67. The maximum Gasteiger partial charge on any atom is 0.236 e. The molecule has 100 valence electrons. The van der Waals surface area contributed by atoms with Crippen LogP contribution in [0.4, 0.5) is 5.69 Å². The molecule has 0 aromatic heterocycles. The first-order valence-electron chi connectivity index (χ1n) is 6.10. The van der Waals surface area contributed by atoms with E-state index in [4.69, 9.17) is 15.7 Å². The molecule has 1 aromatic carbocycles. The number of ether oxygens (including phenoxy) is 1. The van der Waals surface area contributed by atoms with E-state index >= 15 is 0 Å². The van der Waals surface area contributed by atoms with E-state index in [0.29, 0.717) is 24.5 Å². The molecule has 0 aliphatic carbocycles. The summed E-state index contributed by atoms with van der Waals surface area (Å²) in [7, 11) is 1.69. The number of carbonyl (C=O) groups excluding carboxylic acids is 1. The molecule has 1 aliphatic heterocycles. The van der Waals surface area contributed by atoms with Crippen LogP contribution in [0, 0.1) is 16.7 Å². The molecule has 0 spiro atoms. The van der Waals surface area contributed by atoms with Gasteiger partial charge in [-0.25, -0.2) is 0 Å². The summed E-state index contributed by atoms with van der Waals surface area (Å²) in [6.07, 6.45) is 0. The summed E-state index contributed by atoms with van der Waals surface area (Å²) in [5.41, 5.74) is 6.46. The maximum atomic E-state index is 12.6. The molecule has 1 saturated heterocycles. The minimum atomic E-state index is -0.711. The number of amides is 1. The molecule has 0 saturated carbocycles. The monoisotopic (exact) mass is 259 g/mol. The minimum Gasteiger partial charge on any atom is -0.379 e. The molecule has 1 heterocycles. The zero-order valence-electron chi connectivity index (χ0n) is 11.1. The number of nitrogens with two attached hydrogens (primary N) is 1. The Labute approximate surface area is 112 Å². The highest BCUT2D eigenvalue weighted by atomic mass is 16.5. The Morgan fingerprint density at radius 1 is 1.63 bits per heavy atom. The van der Waals surface area contributed by atoms with Gasteiger partial charge in [0.05, 0.1) is 30.3 Å². The van der Waals surface area contributed by atoms with E-state index in [2.05, 4.69) is 6.07 Å². The van der Waals surface area contributed by atoms with Crippen molar-refractivity contribution in [3.8, 4) is 6.07 Å². The summed E-state index contributed by atoms with van der Waals surface area (Å²) in [4.78, 5) is 14.1. The molecule has 2 N–H and O–H groups in total. The van der Waals surface area contributed by atoms with Crippen LogP contribution in [0.1, 0.15) is 12.5 Å². The lowest BCUT2D eigenvalue weighted by Crippen LogP contribution is -2.50. The van der Waals surface area contributed by atoms with E-state index < -0.39 is 5.41 Å². The molecule has 2 unspecified atom stereocenters. The lowest BCUT2D eigenvalue weighted by molar-refractivity contribution is -0.127. The fourth-order valence-electron chi connectivity index (χ4n) is 2.19. The molecular formula is C14H17N3O2. The van der Waals surface area contributed by atoms with Crippen molar-refractivity contribution in [3.05, 3.63) is 29.8 Å². The molecular weight excluding hydrogens is 242 g/mol. The number of hydrogen-bond donors (Lipinski definition) is 1. The predicted octanol–water partition coefficient (Wildman–Crippen LogP) is 0.885. The Morgan fingerprint density at radius 3 is 2.95 bits per heavy atom. The Hall–Kier alpha value is -1.90. The summed E-state index contributed by atoms with van der Waals surface area (Å²) < 4.78 is 5.30. The molecule has 1 aromatic rings. The Morgan fingerprint density at radius 2 is 2.37 bits per heavy atom. The lowest BCUT2D eigenvalue weighted by Gasteiger charge is -2.30. The molecule has 2 rings (SSSR count). The van der Waals surface area contributed by atoms with E-state index in [-0.39, 0.29) is 11.9 Å². The molecule has 2 atom stereocenters. The number of hydrogen-bond acceptors (Lipinski definition) is 4. The van der Waals surface area contributed by atoms with Crippen molar-refractivity contribution in [2.24, 2.45) is 11.1 Å². The first-order chi connectivity index (χ1) is 8.99. The molecule has 1 aliphatic rings. The smallest absolute Gasteiger partial charge is 0.236 e. The van der Waals surface area contributed by atoms with Crippen molar-refractivity contribution < 1.29 is 9.53 Å². The third-order valence-electron chi connectivity index (χ3n) is 3.67. The summed E-state index contributed by atoms with van der Waals surface area (Å²) >= 11 is 0. The molecule has 0 bridgehead atoms. The normalized spacial score (nSPS) is 25.9. The average Bonchev–Trinajstić information content (AvgIpc) is 2.78. The summed E-state index contributed by atoms with van der Waals surface area (Å²) in [6.45, 7) is 2.54. The van der Waals surface area contributed by atoms with Crippen LogP contribution in [0.3, 0.4) is 0 Å². The second-order valence-electron chi connectivity index (χ2n) is 5.07. The minimum absolute atomic E-state index is 0.0902. The SMILES string of the molecule is CN(C(=O)C1(C)COCC1N)c1cccc(C#N)c1. The predicted molar refractivity (Wildman–Crippen MR) is 71.5 cm³/mol. The highest BCUT2D eigenvalue weighted by Crippen LogP contribution is 2.31. The van der Waals surface area contributed by atoms with Gasteiger partial charge in [0.25, 0.3) is 0 Å². The van der Waals surface area contributed by atoms with Crippen LogP contribution in [0.5, 0.6) is 0 Å². The number of carbonyl (C=O) groups is 1. The highest BCUT2D eigenvalue weighted by molar-refractivity contribution is 5.97. The van der Waals surface area contributed by atoms with E-state index in [9.17, 15) is 4.79 Å². The summed E-state index contributed by atoms with van der Waals surface area (Å²) in [5.74, 6) is -0.0902. The van der Waals surface area contributed by atoms with Gasteiger partial charge in [0.1, 0.15) is 0 Å². The number of anilines is 1. The van der Waals surface area contributed by atoms with Crippen LogP contribution >= 0.6 is 0 Å². The molecule has 0 radical (unpaired) electrons. The maximum absolute atomic E-state index is 12.6. The average molecular weight is 259 g/mol. The fraction of sp³-hybridized carbons (Fsp3) is 0.429. The topological polar surface area (TPSA) is 79.3 Å². The highest BCUT2D eigenvalue weighted by Gasteiger charge is 2.46. The van der Waals surface area contributed by atoms with Gasteiger partial charge < -0.3 is 15.4 Å². The van der Waals surface area contributed by atoms with Crippen molar-refractivity contribution in [2.45, 2.75) is 13.0 Å². The number of nitrogens with zero attached hydrogens (tertiary/aromatic N) is 2. The molecule has 1 fully saturated rings. The number of benzene rings is 1. The van der Waals surface area contributed by atoms with Crippen LogP contribution in [0.25, 0.3) is 0 Å². The van der Waals surface area contributed by atoms with Crippen molar-refractivity contribution >= 4 is 11.6 Å². The van der Waals surface area contributed by atoms with Crippen LogP contribution in [-0.4, -0.2) is 32.2 Å². The van der Waals surface area contributed by atoms with Gasteiger partial charge in [-0.05, 0) is 25.1 Å². The summed E-state index contributed by atoms with van der Waals surface area (Å²) in [5, 5.41) is 8.89. The molecule has 1 amide bonds. The quantitative estimate of drug-likeness (QED) is 0.855. The van der Waals surface area contributed by atoms with Gasteiger partial charge >= 0.3 is 0 Å². The van der Waals surface area contributed by atoms with E-state index in [1.165, 1.54) is 4.90 Å². The number of nitriles is 1. The van der Waals surface area contributed by atoms with Gasteiger partial charge in [-0.3, -0.25) is 4.79 Å². The van der Waals surface area contributed by atoms with Crippen molar-refractivity contribution in [3.63, 3.8) is 0 Å². The van der Waals surface area contributed by atoms with E-state index in [0.717, 1.165) is 0 Å². The second-order valence-corrected chi connectivity index (χ2v) is 5.07. The van der Waals surface area contributed by atoms with Crippen LogP contribution in [0.2, 0.25) is 0 Å².